The number of halogens is 1. The van der Waals surface area contributed by atoms with E-state index in [1.165, 1.54) is 13.0 Å². The van der Waals surface area contributed by atoms with E-state index in [4.69, 9.17) is 4.42 Å². The SMILES string of the molecule is CC(=O)Nc1cccc(CNC(=O)C=Cc2ccc(Br)o2)c1. The Morgan fingerprint density at radius 2 is 2.09 bits per heavy atom. The van der Waals surface area contributed by atoms with Crippen molar-refractivity contribution in [2.75, 3.05) is 5.32 Å². The zero-order valence-corrected chi connectivity index (χ0v) is 13.5. The normalized spacial score (nSPS) is 10.6. The number of anilines is 1. The van der Waals surface area contributed by atoms with Crippen LogP contribution in [0.4, 0.5) is 5.69 Å². The third-order valence-electron chi connectivity index (χ3n) is 2.71. The largest absolute Gasteiger partial charge is 0.450 e. The lowest BCUT2D eigenvalue weighted by Crippen LogP contribution is -2.20. The molecule has 6 heteroatoms. The number of hydrogen-bond acceptors (Lipinski definition) is 3. The van der Waals surface area contributed by atoms with Crippen LogP contribution >= 0.6 is 15.9 Å². The van der Waals surface area contributed by atoms with E-state index in [0.29, 0.717) is 22.7 Å². The molecule has 0 radical (unpaired) electrons. The highest BCUT2D eigenvalue weighted by molar-refractivity contribution is 9.10. The van der Waals surface area contributed by atoms with Crippen LogP contribution in [0.2, 0.25) is 0 Å². The molecule has 114 valence electrons. The quantitative estimate of drug-likeness (QED) is 0.801. The smallest absolute Gasteiger partial charge is 0.244 e. The van der Waals surface area contributed by atoms with Crippen molar-refractivity contribution >= 4 is 39.5 Å². The van der Waals surface area contributed by atoms with Gasteiger partial charge in [0.2, 0.25) is 11.8 Å². The van der Waals surface area contributed by atoms with Crippen molar-refractivity contribution in [3.8, 4) is 0 Å². The highest BCUT2D eigenvalue weighted by Crippen LogP contribution is 2.15. The second kappa shape index (κ2) is 7.61. The Hall–Kier alpha value is -2.34. The summed E-state index contributed by atoms with van der Waals surface area (Å²) < 4.78 is 5.87. The predicted octanol–water partition coefficient (Wildman–Crippen LogP) is 3.33. The van der Waals surface area contributed by atoms with Crippen LogP contribution in [-0.4, -0.2) is 11.8 Å². The van der Waals surface area contributed by atoms with Crippen LogP contribution in [0.1, 0.15) is 18.2 Å². The van der Waals surface area contributed by atoms with Crippen molar-refractivity contribution < 1.29 is 14.0 Å². The minimum atomic E-state index is -0.225. The molecule has 0 atom stereocenters. The van der Waals surface area contributed by atoms with Crippen molar-refractivity contribution in [3.63, 3.8) is 0 Å². The van der Waals surface area contributed by atoms with E-state index < -0.39 is 0 Å². The Balaban J connectivity index is 1.88. The molecule has 0 unspecified atom stereocenters. The zero-order chi connectivity index (χ0) is 15.9. The standard InChI is InChI=1S/C16H15BrN2O3/c1-11(20)19-13-4-2-3-12(9-13)10-18-16(21)8-6-14-5-7-15(17)22-14/h2-9H,10H2,1H3,(H,18,21)(H,19,20). The van der Waals surface area contributed by atoms with Crippen molar-refractivity contribution in [2.45, 2.75) is 13.5 Å². The second-order valence-corrected chi connectivity index (χ2v) is 5.36. The first-order valence-corrected chi connectivity index (χ1v) is 7.40. The maximum Gasteiger partial charge on any atom is 0.244 e. The van der Waals surface area contributed by atoms with E-state index in [-0.39, 0.29) is 11.8 Å². The molecule has 0 spiro atoms. The summed E-state index contributed by atoms with van der Waals surface area (Å²) in [4.78, 5) is 22.7. The number of benzene rings is 1. The molecule has 0 saturated heterocycles. The number of rotatable bonds is 5. The number of furan rings is 1. The monoisotopic (exact) mass is 362 g/mol. The summed E-state index contributed by atoms with van der Waals surface area (Å²) in [6.45, 7) is 1.82. The summed E-state index contributed by atoms with van der Waals surface area (Å²) in [5.41, 5.74) is 1.60. The lowest BCUT2D eigenvalue weighted by molar-refractivity contribution is -0.116. The van der Waals surface area contributed by atoms with Gasteiger partial charge in [0.05, 0.1) is 0 Å². The van der Waals surface area contributed by atoms with Gasteiger partial charge in [0, 0.05) is 25.2 Å². The minimum Gasteiger partial charge on any atom is -0.450 e. The molecule has 1 aromatic heterocycles. The molecule has 0 bridgehead atoms. The summed E-state index contributed by atoms with van der Waals surface area (Å²) in [6, 6.07) is 10.8. The van der Waals surface area contributed by atoms with Crippen LogP contribution in [0.25, 0.3) is 6.08 Å². The number of carbonyl (C=O) groups is 2. The number of amides is 2. The zero-order valence-electron chi connectivity index (χ0n) is 11.9. The van der Waals surface area contributed by atoms with E-state index in [1.807, 2.05) is 18.2 Å². The molecule has 0 aliphatic heterocycles. The van der Waals surface area contributed by atoms with Crippen LogP contribution in [-0.2, 0) is 16.1 Å². The Labute approximate surface area is 136 Å². The molecule has 5 nitrogen and oxygen atoms in total. The van der Waals surface area contributed by atoms with Crippen LogP contribution in [0.5, 0.6) is 0 Å². The summed E-state index contributed by atoms with van der Waals surface area (Å²) >= 11 is 3.19. The van der Waals surface area contributed by atoms with E-state index in [9.17, 15) is 9.59 Å². The maximum absolute atomic E-state index is 11.7. The topological polar surface area (TPSA) is 71.3 Å². The van der Waals surface area contributed by atoms with Crippen molar-refractivity contribution in [3.05, 3.63) is 58.5 Å². The average molecular weight is 363 g/mol. The fraction of sp³-hybridized carbons (Fsp3) is 0.125. The molecule has 2 rings (SSSR count). The summed E-state index contributed by atoms with van der Waals surface area (Å²) in [7, 11) is 0. The first kappa shape index (κ1) is 16.0. The van der Waals surface area contributed by atoms with Gasteiger partial charge in [-0.05, 0) is 51.8 Å². The highest BCUT2D eigenvalue weighted by atomic mass is 79.9. The first-order chi connectivity index (χ1) is 10.5. The lowest BCUT2D eigenvalue weighted by atomic mass is 10.2. The Kier molecular flexibility index (Phi) is 5.55. The van der Waals surface area contributed by atoms with E-state index >= 15 is 0 Å². The average Bonchev–Trinajstić information content (AvgIpc) is 2.88. The van der Waals surface area contributed by atoms with Crippen LogP contribution in [0.15, 0.2) is 51.6 Å². The van der Waals surface area contributed by atoms with Crippen molar-refractivity contribution in [1.29, 1.82) is 0 Å². The molecule has 22 heavy (non-hydrogen) atoms. The van der Waals surface area contributed by atoms with E-state index in [2.05, 4.69) is 26.6 Å². The molecule has 0 aliphatic rings. The van der Waals surface area contributed by atoms with E-state index in [0.717, 1.165) is 5.56 Å². The molecule has 1 aromatic carbocycles. The number of nitrogens with one attached hydrogen (secondary N) is 2. The molecule has 2 amide bonds. The Bertz CT molecular complexity index is 707. The Morgan fingerprint density at radius 3 is 2.77 bits per heavy atom. The molecule has 1 heterocycles. The third kappa shape index (κ3) is 5.21. The lowest BCUT2D eigenvalue weighted by Gasteiger charge is -2.06. The number of hydrogen-bond donors (Lipinski definition) is 2. The summed E-state index contributed by atoms with van der Waals surface area (Å²) in [5, 5.41) is 5.46. The molecular weight excluding hydrogens is 348 g/mol. The van der Waals surface area contributed by atoms with Gasteiger partial charge >= 0.3 is 0 Å². The van der Waals surface area contributed by atoms with Gasteiger partial charge in [0.25, 0.3) is 0 Å². The van der Waals surface area contributed by atoms with Crippen LogP contribution in [0.3, 0.4) is 0 Å². The first-order valence-electron chi connectivity index (χ1n) is 6.61. The third-order valence-corrected chi connectivity index (χ3v) is 3.13. The molecule has 0 aliphatic carbocycles. The number of carbonyl (C=O) groups excluding carboxylic acids is 2. The van der Waals surface area contributed by atoms with Gasteiger partial charge in [-0.15, -0.1) is 0 Å². The van der Waals surface area contributed by atoms with Crippen LogP contribution in [0, 0.1) is 0 Å². The molecule has 2 N–H and O–H groups in total. The van der Waals surface area contributed by atoms with Crippen molar-refractivity contribution in [2.24, 2.45) is 0 Å². The molecule has 0 saturated carbocycles. The van der Waals surface area contributed by atoms with Gasteiger partial charge in [0.1, 0.15) is 5.76 Å². The molecule has 0 fully saturated rings. The second-order valence-electron chi connectivity index (χ2n) is 4.57. The van der Waals surface area contributed by atoms with E-state index in [1.54, 1.807) is 24.3 Å². The predicted molar refractivity (Wildman–Crippen MR) is 88.0 cm³/mol. The fourth-order valence-electron chi connectivity index (χ4n) is 1.79. The van der Waals surface area contributed by atoms with Crippen LogP contribution < -0.4 is 10.6 Å². The summed E-state index contributed by atoms with van der Waals surface area (Å²) in [6.07, 6.45) is 3.00. The molecular formula is C16H15BrN2O3. The maximum atomic E-state index is 11.7. The van der Waals surface area contributed by atoms with Gasteiger partial charge < -0.3 is 15.1 Å². The van der Waals surface area contributed by atoms with Gasteiger partial charge in [-0.3, -0.25) is 9.59 Å². The highest BCUT2D eigenvalue weighted by Gasteiger charge is 2.01. The molecule has 2 aromatic rings. The van der Waals surface area contributed by atoms with Gasteiger partial charge in [0.15, 0.2) is 4.67 Å². The Morgan fingerprint density at radius 1 is 1.27 bits per heavy atom. The fourth-order valence-corrected chi connectivity index (χ4v) is 2.11. The van der Waals surface area contributed by atoms with Gasteiger partial charge in [-0.2, -0.15) is 0 Å². The van der Waals surface area contributed by atoms with Crippen molar-refractivity contribution in [1.82, 2.24) is 5.32 Å². The summed E-state index contributed by atoms with van der Waals surface area (Å²) in [5.74, 6) is 0.237. The minimum absolute atomic E-state index is 0.131. The van der Waals surface area contributed by atoms with Gasteiger partial charge in [-0.25, -0.2) is 0 Å². The van der Waals surface area contributed by atoms with Gasteiger partial charge in [-0.1, -0.05) is 12.1 Å².